The Morgan fingerprint density at radius 1 is 1.11 bits per heavy atom. The van der Waals surface area contributed by atoms with Crippen molar-refractivity contribution in [3.05, 3.63) is 74.8 Å². The van der Waals surface area contributed by atoms with Crippen molar-refractivity contribution >= 4 is 39.7 Å². The summed E-state index contributed by atoms with van der Waals surface area (Å²) in [5, 5.41) is 24.5. The van der Waals surface area contributed by atoms with Gasteiger partial charge in [-0.25, -0.2) is 0 Å². The highest BCUT2D eigenvalue weighted by atomic mass is 32.1. The number of nitro benzene ring substituents is 1. The van der Waals surface area contributed by atoms with Crippen LogP contribution in [0.25, 0.3) is 0 Å². The Hall–Kier alpha value is -3.66. The van der Waals surface area contributed by atoms with Crippen LogP contribution in [0.2, 0.25) is 0 Å². The summed E-state index contributed by atoms with van der Waals surface area (Å²) in [6.45, 7) is 1.89. The van der Waals surface area contributed by atoms with Gasteiger partial charge in [-0.3, -0.25) is 25.0 Å². The number of nitro groups is 1. The molecule has 0 unspecified atom stereocenters. The smallest absolute Gasteiger partial charge is 0.270 e. The van der Waals surface area contributed by atoms with E-state index in [1.54, 1.807) is 6.07 Å². The van der Waals surface area contributed by atoms with E-state index in [4.69, 9.17) is 0 Å². The van der Waals surface area contributed by atoms with Crippen molar-refractivity contribution < 1.29 is 14.5 Å². The Morgan fingerprint density at radius 2 is 1.89 bits per heavy atom. The van der Waals surface area contributed by atoms with Gasteiger partial charge < -0.3 is 5.32 Å². The van der Waals surface area contributed by atoms with Gasteiger partial charge in [0.2, 0.25) is 11.0 Å². The number of benzene rings is 2. The molecule has 142 valence electrons. The molecule has 0 fully saturated rings. The van der Waals surface area contributed by atoms with Crippen LogP contribution in [-0.2, 0) is 11.2 Å². The largest absolute Gasteiger partial charge is 0.325 e. The predicted octanol–water partition coefficient (Wildman–Crippen LogP) is 3.19. The van der Waals surface area contributed by atoms with Crippen molar-refractivity contribution in [2.24, 2.45) is 0 Å². The number of amides is 2. The third kappa shape index (κ3) is 4.74. The van der Waals surface area contributed by atoms with Crippen LogP contribution >= 0.6 is 11.3 Å². The second-order valence-electron chi connectivity index (χ2n) is 5.80. The van der Waals surface area contributed by atoms with Gasteiger partial charge in [0.15, 0.2) is 0 Å². The SMILES string of the molecule is Cc1ccccc1NC(=O)Cc1nnc(NC(=O)c2cccc([N+](=O)[O-])c2)s1. The third-order valence-corrected chi connectivity index (χ3v) is 4.58. The first-order valence-electron chi connectivity index (χ1n) is 8.16. The van der Waals surface area contributed by atoms with Crippen LogP contribution in [0.1, 0.15) is 20.9 Å². The second kappa shape index (κ2) is 8.35. The number of carbonyl (C=O) groups is 2. The van der Waals surface area contributed by atoms with E-state index in [0.29, 0.717) is 5.01 Å². The van der Waals surface area contributed by atoms with Gasteiger partial charge in [0.1, 0.15) is 5.01 Å². The van der Waals surface area contributed by atoms with Gasteiger partial charge in [0.05, 0.1) is 11.3 Å². The van der Waals surface area contributed by atoms with E-state index < -0.39 is 10.8 Å². The molecule has 3 aromatic rings. The molecule has 28 heavy (non-hydrogen) atoms. The maximum Gasteiger partial charge on any atom is 0.270 e. The van der Waals surface area contributed by atoms with E-state index in [0.717, 1.165) is 22.6 Å². The molecule has 9 nitrogen and oxygen atoms in total. The lowest BCUT2D eigenvalue weighted by Gasteiger charge is -2.06. The summed E-state index contributed by atoms with van der Waals surface area (Å²) in [4.78, 5) is 34.6. The molecule has 0 aliphatic rings. The van der Waals surface area contributed by atoms with E-state index in [1.165, 1.54) is 24.3 Å². The fraction of sp³-hybridized carbons (Fsp3) is 0.111. The van der Waals surface area contributed by atoms with Gasteiger partial charge in [-0.15, -0.1) is 10.2 Å². The molecule has 0 aliphatic heterocycles. The maximum atomic E-state index is 12.2. The highest BCUT2D eigenvalue weighted by Gasteiger charge is 2.15. The Balaban J connectivity index is 1.61. The molecule has 10 heteroatoms. The number of hydrogen-bond donors (Lipinski definition) is 2. The number of nitrogens with one attached hydrogen (secondary N) is 2. The molecule has 0 spiro atoms. The predicted molar refractivity (Wildman–Crippen MR) is 104 cm³/mol. The van der Waals surface area contributed by atoms with E-state index in [-0.39, 0.29) is 28.7 Å². The second-order valence-corrected chi connectivity index (χ2v) is 6.86. The average molecular weight is 397 g/mol. The zero-order chi connectivity index (χ0) is 20.1. The number of non-ortho nitro benzene ring substituents is 1. The van der Waals surface area contributed by atoms with Crippen LogP contribution < -0.4 is 10.6 Å². The number of anilines is 2. The van der Waals surface area contributed by atoms with E-state index in [9.17, 15) is 19.7 Å². The van der Waals surface area contributed by atoms with Crippen LogP contribution in [0.4, 0.5) is 16.5 Å². The number of para-hydroxylation sites is 1. The molecule has 0 saturated heterocycles. The Labute approximate surface area is 163 Å². The fourth-order valence-electron chi connectivity index (χ4n) is 2.35. The molecule has 2 amide bonds. The fourth-order valence-corrected chi connectivity index (χ4v) is 3.08. The molecular formula is C18H15N5O4S. The van der Waals surface area contributed by atoms with Crippen molar-refractivity contribution in [1.82, 2.24) is 10.2 Å². The Kier molecular flexibility index (Phi) is 5.70. The van der Waals surface area contributed by atoms with Gasteiger partial charge in [-0.1, -0.05) is 35.6 Å². The lowest BCUT2D eigenvalue weighted by Crippen LogP contribution is -2.14. The van der Waals surface area contributed by atoms with Gasteiger partial charge in [0.25, 0.3) is 11.6 Å². The van der Waals surface area contributed by atoms with Crippen LogP contribution in [0.3, 0.4) is 0 Å². The van der Waals surface area contributed by atoms with Crippen molar-refractivity contribution in [1.29, 1.82) is 0 Å². The summed E-state index contributed by atoms with van der Waals surface area (Å²) in [6, 6.07) is 12.8. The molecule has 0 atom stereocenters. The van der Waals surface area contributed by atoms with Gasteiger partial charge in [-0.2, -0.15) is 0 Å². The van der Waals surface area contributed by atoms with Gasteiger partial charge in [-0.05, 0) is 24.6 Å². The first-order chi connectivity index (χ1) is 13.4. The highest BCUT2D eigenvalue weighted by molar-refractivity contribution is 7.15. The zero-order valence-corrected chi connectivity index (χ0v) is 15.5. The minimum absolute atomic E-state index is 0.0126. The maximum absolute atomic E-state index is 12.2. The third-order valence-electron chi connectivity index (χ3n) is 3.74. The number of aryl methyl sites for hydroxylation is 1. The monoisotopic (exact) mass is 397 g/mol. The molecule has 0 bridgehead atoms. The summed E-state index contributed by atoms with van der Waals surface area (Å²) in [7, 11) is 0. The molecule has 1 aromatic heterocycles. The molecule has 0 radical (unpaired) electrons. The Morgan fingerprint density at radius 3 is 2.64 bits per heavy atom. The summed E-state index contributed by atoms with van der Waals surface area (Å²) < 4.78 is 0. The molecular weight excluding hydrogens is 382 g/mol. The summed E-state index contributed by atoms with van der Waals surface area (Å²) in [6.07, 6.45) is 0.0126. The van der Waals surface area contributed by atoms with E-state index in [1.807, 2.05) is 25.1 Å². The van der Waals surface area contributed by atoms with E-state index >= 15 is 0 Å². The van der Waals surface area contributed by atoms with Crippen molar-refractivity contribution in [2.45, 2.75) is 13.3 Å². The minimum Gasteiger partial charge on any atom is -0.325 e. The summed E-state index contributed by atoms with van der Waals surface area (Å²) in [5.74, 6) is -0.794. The topological polar surface area (TPSA) is 127 Å². The van der Waals surface area contributed by atoms with Crippen LogP contribution in [0.15, 0.2) is 48.5 Å². The first kappa shape index (κ1) is 19.1. The number of nitrogens with zero attached hydrogens (tertiary/aromatic N) is 3. The first-order valence-corrected chi connectivity index (χ1v) is 8.97. The van der Waals surface area contributed by atoms with Crippen LogP contribution in [-0.4, -0.2) is 26.9 Å². The van der Waals surface area contributed by atoms with Crippen molar-refractivity contribution in [2.75, 3.05) is 10.6 Å². The number of rotatable bonds is 6. The molecule has 2 aromatic carbocycles. The lowest BCUT2D eigenvalue weighted by molar-refractivity contribution is -0.384. The van der Waals surface area contributed by atoms with Crippen LogP contribution in [0.5, 0.6) is 0 Å². The normalized spacial score (nSPS) is 10.3. The number of carbonyl (C=O) groups excluding carboxylic acids is 2. The van der Waals surface area contributed by atoms with E-state index in [2.05, 4.69) is 20.8 Å². The van der Waals surface area contributed by atoms with Crippen molar-refractivity contribution in [3.63, 3.8) is 0 Å². The minimum atomic E-state index is -0.576. The van der Waals surface area contributed by atoms with Crippen LogP contribution in [0, 0.1) is 17.0 Å². The van der Waals surface area contributed by atoms with Gasteiger partial charge >= 0.3 is 0 Å². The molecule has 1 heterocycles. The quantitative estimate of drug-likeness (QED) is 0.486. The number of hydrogen-bond acceptors (Lipinski definition) is 7. The molecule has 0 saturated carbocycles. The average Bonchev–Trinajstić information content (AvgIpc) is 3.10. The van der Waals surface area contributed by atoms with Gasteiger partial charge in [0, 0.05) is 23.4 Å². The molecule has 0 aliphatic carbocycles. The standard InChI is InChI=1S/C18H15N5O4S/c1-11-5-2-3-8-14(11)19-15(24)10-16-21-22-18(28-16)20-17(25)12-6-4-7-13(9-12)23(26)27/h2-9H,10H2,1H3,(H,19,24)(H,20,22,25). The Bertz CT molecular complexity index is 1050. The number of aromatic nitrogens is 2. The summed E-state index contributed by atoms with van der Waals surface area (Å²) >= 11 is 1.06. The summed E-state index contributed by atoms with van der Waals surface area (Å²) in [5.41, 5.74) is 1.61. The zero-order valence-electron chi connectivity index (χ0n) is 14.7. The highest BCUT2D eigenvalue weighted by Crippen LogP contribution is 2.19. The van der Waals surface area contributed by atoms with Crippen molar-refractivity contribution in [3.8, 4) is 0 Å². The molecule has 2 N–H and O–H groups in total. The lowest BCUT2D eigenvalue weighted by atomic mass is 10.2. The molecule has 3 rings (SSSR count).